The van der Waals surface area contributed by atoms with E-state index in [1.807, 2.05) is 98.8 Å². The molecular formula is C31H25N3O. The van der Waals surface area contributed by atoms with Crippen LogP contribution in [0.15, 0.2) is 114 Å². The van der Waals surface area contributed by atoms with Crippen molar-refractivity contribution in [1.29, 1.82) is 0 Å². The summed E-state index contributed by atoms with van der Waals surface area (Å²) in [5.41, 5.74) is 10.9. The van der Waals surface area contributed by atoms with Gasteiger partial charge in [-0.25, -0.2) is 10.4 Å². The second-order valence-corrected chi connectivity index (χ2v) is 8.52. The molecule has 0 aliphatic carbocycles. The number of carbonyl (C=O) groups is 1. The van der Waals surface area contributed by atoms with Gasteiger partial charge in [0, 0.05) is 10.9 Å². The highest BCUT2D eigenvalue weighted by Crippen LogP contribution is 2.25. The molecular weight excluding hydrogens is 430 g/mol. The van der Waals surface area contributed by atoms with Gasteiger partial charge in [-0.1, -0.05) is 103 Å². The van der Waals surface area contributed by atoms with E-state index in [1.54, 1.807) is 0 Å². The number of aryl methyl sites for hydroxylation is 1. The zero-order chi connectivity index (χ0) is 24.2. The van der Waals surface area contributed by atoms with Crippen LogP contribution in [-0.4, -0.2) is 16.6 Å². The Morgan fingerprint density at radius 2 is 1.37 bits per heavy atom. The molecule has 170 valence electrons. The molecule has 0 saturated carbocycles. The van der Waals surface area contributed by atoms with E-state index in [1.165, 1.54) is 5.56 Å². The van der Waals surface area contributed by atoms with Crippen LogP contribution in [0.2, 0.25) is 0 Å². The fraction of sp³-hybridized carbons (Fsp3) is 0.0645. The van der Waals surface area contributed by atoms with E-state index in [0.29, 0.717) is 5.56 Å². The van der Waals surface area contributed by atoms with Gasteiger partial charge in [0.15, 0.2) is 0 Å². The Bertz CT molecular complexity index is 1520. The Morgan fingerprint density at radius 1 is 0.743 bits per heavy atom. The van der Waals surface area contributed by atoms with Crippen LogP contribution in [0.3, 0.4) is 0 Å². The second kappa shape index (κ2) is 9.74. The van der Waals surface area contributed by atoms with E-state index >= 15 is 0 Å². The minimum absolute atomic E-state index is 0.266. The van der Waals surface area contributed by atoms with Crippen molar-refractivity contribution < 1.29 is 4.79 Å². The van der Waals surface area contributed by atoms with Crippen molar-refractivity contribution in [3.05, 3.63) is 126 Å². The molecule has 0 bridgehead atoms. The van der Waals surface area contributed by atoms with Gasteiger partial charge in [0.1, 0.15) is 0 Å². The summed E-state index contributed by atoms with van der Waals surface area (Å²) in [6, 6.07) is 36.0. The molecule has 0 fully saturated rings. The van der Waals surface area contributed by atoms with Gasteiger partial charge in [-0.2, -0.15) is 5.10 Å². The number of hydrazone groups is 1. The van der Waals surface area contributed by atoms with Gasteiger partial charge in [0.25, 0.3) is 5.91 Å². The maximum atomic E-state index is 13.2. The number of rotatable bonds is 5. The fourth-order valence-corrected chi connectivity index (χ4v) is 4.03. The molecule has 1 heterocycles. The Hall–Kier alpha value is -4.57. The molecule has 1 N–H and O–H groups in total. The third kappa shape index (κ3) is 4.87. The predicted octanol–water partition coefficient (Wildman–Crippen LogP) is 7.03. The summed E-state index contributed by atoms with van der Waals surface area (Å²) >= 11 is 0. The summed E-state index contributed by atoms with van der Waals surface area (Å²) in [5, 5.41) is 5.18. The van der Waals surface area contributed by atoms with Crippen molar-refractivity contribution >= 4 is 22.5 Å². The number of hydrogen-bond acceptors (Lipinski definition) is 3. The van der Waals surface area contributed by atoms with Gasteiger partial charge < -0.3 is 0 Å². The van der Waals surface area contributed by atoms with Crippen LogP contribution in [0, 0.1) is 6.92 Å². The average Bonchev–Trinajstić information content (AvgIpc) is 2.92. The van der Waals surface area contributed by atoms with Crippen LogP contribution in [0.1, 0.15) is 28.4 Å². The number of pyridine rings is 1. The van der Waals surface area contributed by atoms with Gasteiger partial charge >= 0.3 is 0 Å². The molecule has 4 nitrogen and oxygen atoms in total. The lowest BCUT2D eigenvalue weighted by atomic mass is 10.0. The van der Waals surface area contributed by atoms with Gasteiger partial charge in [-0.3, -0.25) is 4.79 Å². The summed E-state index contributed by atoms with van der Waals surface area (Å²) < 4.78 is 0. The smallest absolute Gasteiger partial charge is 0.267 e. The quantitative estimate of drug-likeness (QED) is 0.228. The highest BCUT2D eigenvalue weighted by Gasteiger charge is 2.14. The molecule has 35 heavy (non-hydrogen) atoms. The number of amides is 1. The summed E-state index contributed by atoms with van der Waals surface area (Å²) in [5.74, 6) is -0.266. The second-order valence-electron chi connectivity index (χ2n) is 8.52. The number of hydrogen-bond donors (Lipinski definition) is 1. The molecule has 1 amide bonds. The van der Waals surface area contributed by atoms with Crippen LogP contribution >= 0.6 is 0 Å². The maximum absolute atomic E-state index is 13.2. The largest absolute Gasteiger partial charge is 0.272 e. The number of para-hydroxylation sites is 1. The molecule has 0 saturated heterocycles. The van der Waals surface area contributed by atoms with Crippen LogP contribution in [0.25, 0.3) is 33.3 Å². The van der Waals surface area contributed by atoms with Gasteiger partial charge in [-0.05, 0) is 42.7 Å². The molecule has 0 radical (unpaired) electrons. The Morgan fingerprint density at radius 3 is 2.11 bits per heavy atom. The molecule has 0 spiro atoms. The van der Waals surface area contributed by atoms with E-state index in [4.69, 9.17) is 4.98 Å². The zero-order valence-electron chi connectivity index (χ0n) is 19.7. The predicted molar refractivity (Wildman–Crippen MR) is 143 cm³/mol. The SMILES string of the molecule is C/C(=N\NC(=O)c1cc(-c2ccc(C)cc2)nc2ccccc12)c1ccc(-c2ccccc2)cc1. The molecule has 5 rings (SSSR count). The van der Waals surface area contributed by atoms with Gasteiger partial charge in [0.2, 0.25) is 0 Å². The third-order valence-corrected chi connectivity index (χ3v) is 6.04. The zero-order valence-corrected chi connectivity index (χ0v) is 19.7. The van der Waals surface area contributed by atoms with Crippen molar-refractivity contribution in [1.82, 2.24) is 10.4 Å². The highest BCUT2D eigenvalue weighted by atomic mass is 16.2. The maximum Gasteiger partial charge on any atom is 0.272 e. The van der Waals surface area contributed by atoms with E-state index < -0.39 is 0 Å². The number of carbonyl (C=O) groups excluding carboxylic acids is 1. The summed E-state index contributed by atoms with van der Waals surface area (Å²) in [4.78, 5) is 18.0. The average molecular weight is 456 g/mol. The van der Waals surface area contributed by atoms with Crippen molar-refractivity contribution in [2.45, 2.75) is 13.8 Å². The van der Waals surface area contributed by atoms with Crippen molar-refractivity contribution in [3.63, 3.8) is 0 Å². The van der Waals surface area contributed by atoms with E-state index in [0.717, 1.165) is 44.6 Å². The monoisotopic (exact) mass is 455 g/mol. The number of nitrogens with one attached hydrogen (secondary N) is 1. The molecule has 0 unspecified atom stereocenters. The Balaban J connectivity index is 1.41. The van der Waals surface area contributed by atoms with Crippen molar-refractivity contribution in [2.75, 3.05) is 0 Å². The first-order valence-corrected chi connectivity index (χ1v) is 11.6. The molecule has 0 aliphatic rings. The summed E-state index contributed by atoms with van der Waals surface area (Å²) in [7, 11) is 0. The number of fused-ring (bicyclic) bond motifs is 1. The lowest BCUT2D eigenvalue weighted by Crippen LogP contribution is -2.20. The molecule has 4 aromatic carbocycles. The molecule has 4 heteroatoms. The molecule has 5 aromatic rings. The van der Waals surface area contributed by atoms with E-state index in [9.17, 15) is 4.79 Å². The number of nitrogens with zero attached hydrogens (tertiary/aromatic N) is 2. The Kier molecular flexibility index (Phi) is 6.18. The standard InChI is InChI=1S/C31H25N3O/c1-21-12-14-26(15-13-21)30-20-28(27-10-6-7-11-29(27)32-30)31(35)34-33-22(2)23-16-18-25(19-17-23)24-8-4-3-5-9-24/h3-20H,1-2H3,(H,34,35)/b33-22+. The van der Waals surface area contributed by atoms with Crippen LogP contribution in [-0.2, 0) is 0 Å². The van der Waals surface area contributed by atoms with Crippen LogP contribution < -0.4 is 5.43 Å². The number of benzene rings is 4. The topological polar surface area (TPSA) is 54.4 Å². The first kappa shape index (κ1) is 22.2. The normalized spacial score (nSPS) is 11.4. The van der Waals surface area contributed by atoms with Crippen molar-refractivity contribution in [2.24, 2.45) is 5.10 Å². The lowest BCUT2D eigenvalue weighted by Gasteiger charge is -2.10. The summed E-state index contributed by atoms with van der Waals surface area (Å²) in [6.07, 6.45) is 0. The summed E-state index contributed by atoms with van der Waals surface area (Å²) in [6.45, 7) is 3.94. The first-order valence-electron chi connectivity index (χ1n) is 11.6. The van der Waals surface area contributed by atoms with Gasteiger partial charge in [-0.15, -0.1) is 0 Å². The third-order valence-electron chi connectivity index (χ3n) is 6.04. The van der Waals surface area contributed by atoms with E-state index in [2.05, 4.69) is 34.8 Å². The number of aromatic nitrogens is 1. The highest BCUT2D eigenvalue weighted by molar-refractivity contribution is 6.08. The fourth-order valence-electron chi connectivity index (χ4n) is 4.03. The minimum atomic E-state index is -0.266. The van der Waals surface area contributed by atoms with Crippen LogP contribution in [0.4, 0.5) is 0 Å². The van der Waals surface area contributed by atoms with E-state index in [-0.39, 0.29) is 5.91 Å². The molecule has 0 aliphatic heterocycles. The molecule has 1 aromatic heterocycles. The van der Waals surface area contributed by atoms with Crippen LogP contribution in [0.5, 0.6) is 0 Å². The van der Waals surface area contributed by atoms with Crippen molar-refractivity contribution in [3.8, 4) is 22.4 Å². The lowest BCUT2D eigenvalue weighted by molar-refractivity contribution is 0.0956. The van der Waals surface area contributed by atoms with Gasteiger partial charge in [0.05, 0.1) is 22.5 Å². The minimum Gasteiger partial charge on any atom is -0.267 e. The first-order chi connectivity index (χ1) is 17.1. The Labute approximate surface area is 205 Å². The molecule has 0 atom stereocenters.